The van der Waals surface area contributed by atoms with Crippen LogP contribution in [0.15, 0.2) is 0 Å². The lowest BCUT2D eigenvalue weighted by Gasteiger charge is -2.48. The topological polar surface area (TPSA) is 67.5 Å². The van der Waals surface area contributed by atoms with Crippen molar-refractivity contribution in [3.8, 4) is 0 Å². The summed E-state index contributed by atoms with van der Waals surface area (Å²) in [5.41, 5.74) is 1.78. The molecule has 0 aromatic carbocycles. The highest BCUT2D eigenvalue weighted by Crippen LogP contribution is 2.33. The maximum absolute atomic E-state index is 13.2. The third-order valence-electron chi connectivity index (χ3n) is 4.77. The van der Waals surface area contributed by atoms with Crippen molar-refractivity contribution >= 4 is 5.91 Å². The third-order valence-corrected chi connectivity index (χ3v) is 4.77. The van der Waals surface area contributed by atoms with Crippen molar-refractivity contribution in [1.82, 2.24) is 15.1 Å². The summed E-state index contributed by atoms with van der Waals surface area (Å²) < 4.78 is 11.7. The van der Waals surface area contributed by atoms with Crippen LogP contribution in [-0.4, -0.2) is 51.4 Å². The zero-order valence-corrected chi connectivity index (χ0v) is 14.9. The molecule has 2 aliphatic heterocycles. The molecule has 3 rings (SSSR count). The monoisotopic (exact) mass is 321 g/mol. The fourth-order valence-electron chi connectivity index (χ4n) is 3.42. The van der Waals surface area contributed by atoms with Gasteiger partial charge in [-0.25, -0.2) is 0 Å². The first kappa shape index (κ1) is 16.5. The summed E-state index contributed by atoms with van der Waals surface area (Å²) in [5, 5.41) is 7.34. The zero-order chi connectivity index (χ0) is 17.0. The van der Waals surface area contributed by atoms with Crippen molar-refractivity contribution in [2.24, 2.45) is 0 Å². The van der Waals surface area contributed by atoms with Crippen molar-refractivity contribution in [3.63, 3.8) is 0 Å². The van der Waals surface area contributed by atoms with Gasteiger partial charge in [0.25, 0.3) is 5.91 Å². The van der Waals surface area contributed by atoms with E-state index in [0.29, 0.717) is 25.3 Å². The van der Waals surface area contributed by atoms with Crippen molar-refractivity contribution < 1.29 is 14.3 Å². The Hall–Kier alpha value is -1.40. The number of H-pyrrole nitrogens is 1. The van der Waals surface area contributed by atoms with E-state index in [-0.39, 0.29) is 29.3 Å². The Kier molecular flexibility index (Phi) is 3.80. The molecule has 1 aromatic heterocycles. The Morgan fingerprint density at radius 2 is 2.00 bits per heavy atom. The Bertz CT molecular complexity index is 621. The van der Waals surface area contributed by atoms with Gasteiger partial charge in [0, 0.05) is 12.0 Å². The van der Waals surface area contributed by atoms with Crippen molar-refractivity contribution in [3.05, 3.63) is 17.0 Å². The molecule has 0 radical (unpaired) electrons. The van der Waals surface area contributed by atoms with Gasteiger partial charge in [-0.2, -0.15) is 5.10 Å². The molecule has 2 atom stereocenters. The van der Waals surface area contributed by atoms with Gasteiger partial charge >= 0.3 is 0 Å². The van der Waals surface area contributed by atoms with E-state index in [4.69, 9.17) is 9.47 Å². The molecule has 6 nitrogen and oxygen atoms in total. The van der Waals surface area contributed by atoms with E-state index in [1.54, 1.807) is 0 Å². The van der Waals surface area contributed by atoms with Crippen LogP contribution in [0, 0.1) is 0 Å². The van der Waals surface area contributed by atoms with E-state index in [0.717, 1.165) is 11.3 Å². The third kappa shape index (κ3) is 2.90. The SMILES string of the molecule is C[C@@H]1Cc2c(C(=O)N3CC(C)(C)OCC3(C)C)n[nH]c2[C@H](C)O1. The summed E-state index contributed by atoms with van der Waals surface area (Å²) in [6.45, 7) is 13.2. The molecule has 0 spiro atoms. The van der Waals surface area contributed by atoms with Crippen LogP contribution in [-0.2, 0) is 15.9 Å². The number of ether oxygens (including phenoxy) is 2. The first-order valence-corrected chi connectivity index (χ1v) is 8.29. The Morgan fingerprint density at radius 1 is 1.30 bits per heavy atom. The number of carbonyl (C=O) groups is 1. The predicted molar refractivity (Wildman–Crippen MR) is 86.4 cm³/mol. The van der Waals surface area contributed by atoms with Crippen LogP contribution in [0.4, 0.5) is 0 Å². The molecule has 1 saturated heterocycles. The first-order valence-electron chi connectivity index (χ1n) is 8.29. The van der Waals surface area contributed by atoms with Gasteiger partial charge in [-0.3, -0.25) is 9.89 Å². The minimum Gasteiger partial charge on any atom is -0.371 e. The molecule has 1 aromatic rings. The molecular formula is C17H27N3O3. The van der Waals surface area contributed by atoms with Gasteiger partial charge in [0.15, 0.2) is 5.69 Å². The van der Waals surface area contributed by atoms with E-state index >= 15 is 0 Å². The van der Waals surface area contributed by atoms with Gasteiger partial charge in [-0.15, -0.1) is 0 Å². The number of carbonyl (C=O) groups excluding carboxylic acids is 1. The summed E-state index contributed by atoms with van der Waals surface area (Å²) in [6.07, 6.45) is 0.749. The van der Waals surface area contributed by atoms with Gasteiger partial charge in [-0.1, -0.05) is 0 Å². The van der Waals surface area contributed by atoms with Crippen LogP contribution >= 0.6 is 0 Å². The molecule has 0 unspecified atom stereocenters. The molecule has 1 N–H and O–H groups in total. The van der Waals surface area contributed by atoms with Crippen LogP contribution in [0.3, 0.4) is 0 Å². The van der Waals surface area contributed by atoms with Crippen LogP contribution in [0.5, 0.6) is 0 Å². The van der Waals surface area contributed by atoms with Gasteiger partial charge in [0.1, 0.15) is 0 Å². The molecule has 0 bridgehead atoms. The Morgan fingerprint density at radius 3 is 2.70 bits per heavy atom. The van der Waals surface area contributed by atoms with Crippen LogP contribution < -0.4 is 0 Å². The molecular weight excluding hydrogens is 294 g/mol. The zero-order valence-electron chi connectivity index (χ0n) is 14.9. The summed E-state index contributed by atoms with van der Waals surface area (Å²) in [7, 11) is 0. The summed E-state index contributed by atoms with van der Waals surface area (Å²) >= 11 is 0. The lowest BCUT2D eigenvalue weighted by molar-refractivity contribution is -0.128. The van der Waals surface area contributed by atoms with Crippen LogP contribution in [0.1, 0.15) is 69.4 Å². The quantitative estimate of drug-likeness (QED) is 0.863. The highest BCUT2D eigenvalue weighted by molar-refractivity contribution is 5.94. The van der Waals surface area contributed by atoms with Crippen LogP contribution in [0.2, 0.25) is 0 Å². The standard InChI is InChI=1S/C17H27N3O3/c1-10-7-12-13(11(2)23-10)18-19-14(12)15(21)20-8-17(5,6)22-9-16(20,3)4/h10-11H,7-9H2,1-6H3,(H,18,19)/t10-,11+/m1/s1. The predicted octanol–water partition coefficient (Wildman–Crippen LogP) is 2.46. The Balaban J connectivity index is 1.94. The number of fused-ring (bicyclic) bond motifs is 1. The van der Waals surface area contributed by atoms with Gasteiger partial charge < -0.3 is 14.4 Å². The average molecular weight is 321 g/mol. The molecule has 1 amide bonds. The molecule has 23 heavy (non-hydrogen) atoms. The largest absolute Gasteiger partial charge is 0.371 e. The summed E-state index contributed by atoms with van der Waals surface area (Å²) in [6, 6.07) is 0. The Labute approximate surface area is 137 Å². The summed E-state index contributed by atoms with van der Waals surface area (Å²) in [5.74, 6) is -0.0230. The lowest BCUT2D eigenvalue weighted by atomic mass is 9.94. The second-order valence-electron chi connectivity index (χ2n) is 8.01. The van der Waals surface area contributed by atoms with E-state index in [9.17, 15) is 4.79 Å². The van der Waals surface area contributed by atoms with Gasteiger partial charge in [0.05, 0.1) is 42.2 Å². The molecule has 3 heterocycles. The average Bonchev–Trinajstić information content (AvgIpc) is 2.85. The minimum atomic E-state index is -0.346. The number of hydrogen-bond acceptors (Lipinski definition) is 4. The number of amides is 1. The second-order valence-corrected chi connectivity index (χ2v) is 8.01. The number of nitrogens with one attached hydrogen (secondary N) is 1. The highest BCUT2D eigenvalue weighted by atomic mass is 16.5. The maximum Gasteiger partial charge on any atom is 0.275 e. The lowest BCUT2D eigenvalue weighted by Crippen LogP contribution is -2.61. The number of nitrogens with zero attached hydrogens (tertiary/aromatic N) is 2. The smallest absolute Gasteiger partial charge is 0.275 e. The van der Waals surface area contributed by atoms with Crippen molar-refractivity contribution in [2.75, 3.05) is 13.2 Å². The van der Waals surface area contributed by atoms with Crippen LogP contribution in [0.25, 0.3) is 0 Å². The molecule has 0 aliphatic carbocycles. The first-order chi connectivity index (χ1) is 10.6. The molecule has 2 aliphatic rings. The number of aromatic nitrogens is 2. The molecule has 6 heteroatoms. The fourth-order valence-corrected chi connectivity index (χ4v) is 3.42. The highest BCUT2D eigenvalue weighted by Gasteiger charge is 2.43. The molecule has 0 saturated carbocycles. The van der Waals surface area contributed by atoms with E-state index in [1.807, 2.05) is 46.4 Å². The van der Waals surface area contributed by atoms with Crippen molar-refractivity contribution in [2.45, 2.75) is 71.3 Å². The van der Waals surface area contributed by atoms with E-state index in [2.05, 4.69) is 10.2 Å². The number of morpholine rings is 1. The van der Waals surface area contributed by atoms with E-state index < -0.39 is 0 Å². The second kappa shape index (κ2) is 5.31. The van der Waals surface area contributed by atoms with Gasteiger partial charge in [-0.05, 0) is 41.5 Å². The number of aromatic amines is 1. The van der Waals surface area contributed by atoms with Gasteiger partial charge in [0.2, 0.25) is 0 Å². The summed E-state index contributed by atoms with van der Waals surface area (Å²) in [4.78, 5) is 15.1. The molecule has 1 fully saturated rings. The fraction of sp³-hybridized carbons (Fsp3) is 0.765. The number of hydrogen-bond donors (Lipinski definition) is 1. The maximum atomic E-state index is 13.2. The van der Waals surface area contributed by atoms with Crippen molar-refractivity contribution in [1.29, 1.82) is 0 Å². The molecule has 128 valence electrons. The van der Waals surface area contributed by atoms with E-state index in [1.165, 1.54) is 0 Å². The normalized spacial score (nSPS) is 29.2. The number of rotatable bonds is 1. The minimum absolute atomic E-state index is 0.0230.